The van der Waals surface area contributed by atoms with Crippen LogP contribution in [0.15, 0.2) is 342 Å². The predicted molar refractivity (Wildman–Crippen MR) is 426 cm³/mol. The van der Waals surface area contributed by atoms with Crippen LogP contribution >= 0.6 is 0 Å². The zero-order valence-electron chi connectivity index (χ0n) is 55.7. The molecular weight excluding hydrogens is 1270 g/mol. The summed E-state index contributed by atoms with van der Waals surface area (Å²) in [4.78, 5) is 10.8. The third kappa shape index (κ3) is 8.79. The molecule has 0 N–H and O–H groups in total. The van der Waals surface area contributed by atoms with Crippen LogP contribution in [0.3, 0.4) is 0 Å². The number of para-hydroxylation sites is 6. The molecule has 7 heterocycles. The number of hydrogen-bond donors (Lipinski definition) is 0. The van der Waals surface area contributed by atoms with Crippen molar-refractivity contribution < 1.29 is 8.83 Å². The molecule has 0 aliphatic rings. The van der Waals surface area contributed by atoms with Crippen LogP contribution in [-0.4, -0.2) is 28.2 Å². The maximum atomic E-state index is 9.86. The van der Waals surface area contributed by atoms with Crippen molar-refractivity contribution in [2.45, 2.75) is 0 Å². The molecular formula is C95H55N7O2. The smallest absolute Gasteiger partial charge is 0.160 e. The summed E-state index contributed by atoms with van der Waals surface area (Å²) in [5, 5.41) is 23.4. The second-order valence-corrected chi connectivity index (χ2v) is 27.1. The number of nitrogens with zero attached hydrogens (tertiary/aromatic N) is 7. The summed E-state index contributed by atoms with van der Waals surface area (Å²) in [6, 6.07) is 121. The van der Waals surface area contributed by atoms with Gasteiger partial charge in [-0.2, -0.15) is 5.26 Å². The number of hydrogen-bond acceptors (Lipinski definition) is 5. The summed E-state index contributed by atoms with van der Waals surface area (Å²) in [5.41, 5.74) is 25.9. The minimum absolute atomic E-state index is 0.554. The molecule has 0 aliphatic heterocycles. The lowest BCUT2D eigenvalue weighted by molar-refractivity contribution is 0.668. The normalized spacial score (nSPS) is 12.0. The molecule has 0 radical (unpaired) electrons. The fourth-order valence-corrected chi connectivity index (χ4v) is 16.6. The Hall–Kier alpha value is -14.3. The third-order valence-corrected chi connectivity index (χ3v) is 21.4. The van der Waals surface area contributed by atoms with Gasteiger partial charge in [0.1, 0.15) is 22.3 Å². The lowest BCUT2D eigenvalue weighted by atomic mass is 10.0. The molecule has 0 fully saturated rings. The third-order valence-electron chi connectivity index (χ3n) is 21.4. The van der Waals surface area contributed by atoms with Crippen LogP contribution in [0.5, 0.6) is 0 Å². The molecule has 0 amide bonds. The number of aromatic nitrogens is 6. The quantitative estimate of drug-likeness (QED) is 0.143. The number of benzene rings is 15. The summed E-state index contributed by atoms with van der Waals surface area (Å²) in [6.07, 6.45) is 0. The fourth-order valence-electron chi connectivity index (χ4n) is 16.6. The lowest BCUT2D eigenvalue weighted by Crippen LogP contribution is -1.96. The van der Waals surface area contributed by atoms with Gasteiger partial charge in [0.05, 0.1) is 67.2 Å². The second kappa shape index (κ2) is 22.3. The largest absolute Gasteiger partial charge is 0.456 e. The Morgan fingerprint density at radius 1 is 0.221 bits per heavy atom. The van der Waals surface area contributed by atoms with Gasteiger partial charge in [-0.3, -0.25) is 0 Å². The van der Waals surface area contributed by atoms with E-state index in [0.29, 0.717) is 11.4 Å². The molecule has 15 aromatic carbocycles. The molecule has 0 spiro atoms. The highest BCUT2D eigenvalue weighted by Gasteiger charge is 2.23. The van der Waals surface area contributed by atoms with E-state index in [9.17, 15) is 5.26 Å². The number of rotatable bonds is 9. The Kier molecular flexibility index (Phi) is 12.4. The molecule has 0 unspecified atom stereocenters. The number of furan rings is 2. The summed E-state index contributed by atoms with van der Waals surface area (Å²) in [7, 11) is 0. The summed E-state index contributed by atoms with van der Waals surface area (Å²) >= 11 is 0. The lowest BCUT2D eigenvalue weighted by Gasteiger charge is -2.10. The molecule has 104 heavy (non-hydrogen) atoms. The van der Waals surface area contributed by atoms with Crippen LogP contribution < -0.4 is 0 Å². The zero-order valence-corrected chi connectivity index (χ0v) is 55.7. The minimum atomic E-state index is 0.554. The van der Waals surface area contributed by atoms with E-state index in [-0.39, 0.29) is 0 Å². The Morgan fingerprint density at radius 3 is 0.923 bits per heavy atom. The highest BCUT2D eigenvalue weighted by atomic mass is 16.3. The van der Waals surface area contributed by atoms with Gasteiger partial charge in [-0.15, -0.1) is 0 Å². The summed E-state index contributed by atoms with van der Waals surface area (Å²) in [5.74, 6) is 0.554. The molecule has 0 saturated carbocycles. The fraction of sp³-hybridized carbons (Fsp3) is 0. The first-order chi connectivity index (χ1) is 51.5. The Labute approximate surface area is 594 Å². The van der Waals surface area contributed by atoms with Crippen molar-refractivity contribution in [2.24, 2.45) is 0 Å². The van der Waals surface area contributed by atoms with Crippen LogP contribution in [0, 0.1) is 11.3 Å². The van der Waals surface area contributed by atoms with Crippen molar-refractivity contribution in [3.63, 3.8) is 0 Å². The average molecular weight is 1330 g/mol. The zero-order chi connectivity index (χ0) is 68.3. The van der Waals surface area contributed by atoms with E-state index in [1.807, 2.05) is 42.5 Å². The maximum absolute atomic E-state index is 9.86. The van der Waals surface area contributed by atoms with Gasteiger partial charge in [-0.1, -0.05) is 146 Å². The van der Waals surface area contributed by atoms with Crippen molar-refractivity contribution in [2.75, 3.05) is 0 Å². The van der Waals surface area contributed by atoms with Gasteiger partial charge in [-0.05, 0) is 210 Å². The van der Waals surface area contributed by atoms with Crippen LogP contribution in [0.1, 0.15) is 5.56 Å². The van der Waals surface area contributed by atoms with Gasteiger partial charge in [0.2, 0.25) is 0 Å². The Morgan fingerprint density at radius 2 is 0.519 bits per heavy atom. The second-order valence-electron chi connectivity index (χ2n) is 27.1. The summed E-state index contributed by atoms with van der Waals surface area (Å²) < 4.78 is 22.8. The summed E-state index contributed by atoms with van der Waals surface area (Å²) in [6.45, 7) is 0. The Balaban J connectivity index is 0.632. The van der Waals surface area contributed by atoms with Crippen molar-refractivity contribution in [1.29, 1.82) is 5.26 Å². The van der Waals surface area contributed by atoms with Crippen molar-refractivity contribution in [3.05, 3.63) is 339 Å². The maximum Gasteiger partial charge on any atom is 0.160 e. The minimum Gasteiger partial charge on any atom is -0.456 e. The molecule has 22 rings (SSSR count). The van der Waals surface area contributed by atoms with Crippen molar-refractivity contribution in [3.8, 4) is 85.0 Å². The van der Waals surface area contributed by atoms with E-state index >= 15 is 0 Å². The number of nitriles is 1. The number of fused-ring (bicyclic) bond motifs is 18. The van der Waals surface area contributed by atoms with Crippen LogP contribution in [0.4, 0.5) is 0 Å². The van der Waals surface area contributed by atoms with E-state index < -0.39 is 0 Å². The highest BCUT2D eigenvalue weighted by molar-refractivity contribution is 6.16. The molecule has 22 aromatic rings. The van der Waals surface area contributed by atoms with Crippen LogP contribution in [0.25, 0.3) is 210 Å². The molecule has 0 aliphatic carbocycles. The first-order valence-electron chi connectivity index (χ1n) is 35.1. The van der Waals surface area contributed by atoms with Gasteiger partial charge in [0.25, 0.3) is 0 Å². The average Bonchev–Trinajstić information content (AvgIpc) is 1.58. The topological polar surface area (TPSA) is 95.6 Å². The molecule has 7 aromatic heterocycles. The first-order valence-corrected chi connectivity index (χ1v) is 35.1. The molecule has 9 nitrogen and oxygen atoms in total. The molecule has 9 heteroatoms. The van der Waals surface area contributed by atoms with E-state index in [4.69, 9.17) is 18.8 Å². The SMILES string of the molecule is N#Cc1ccc(-c2cc(-c3ccc4oc5ccc(-n6c7ccccc7c7cc(-c8ccc9c(c8)c8ccccc8n9-c8ccccc8)ccc76)cc5c4c3)nc(-c3ccc4oc5ccc(-n6c7ccccc7c7cc(-c8ccc9c(c8)c8ccccc8n9-c8ccccc8)ccc76)cc5c4c3)n2)cc1. The molecule has 482 valence electrons. The van der Waals surface area contributed by atoms with Gasteiger partial charge in [0, 0.05) is 104 Å². The van der Waals surface area contributed by atoms with Crippen LogP contribution in [-0.2, 0) is 0 Å². The van der Waals surface area contributed by atoms with Gasteiger partial charge >= 0.3 is 0 Å². The van der Waals surface area contributed by atoms with E-state index in [0.717, 1.165) is 139 Å². The first kappa shape index (κ1) is 57.6. The van der Waals surface area contributed by atoms with Gasteiger partial charge in [-0.25, -0.2) is 9.97 Å². The monoisotopic (exact) mass is 1330 g/mol. The predicted octanol–water partition coefficient (Wildman–Crippen LogP) is 24.9. The van der Waals surface area contributed by atoms with Gasteiger partial charge < -0.3 is 27.1 Å². The molecule has 0 bridgehead atoms. The van der Waals surface area contributed by atoms with Crippen LogP contribution in [0.2, 0.25) is 0 Å². The van der Waals surface area contributed by atoms with Crippen molar-refractivity contribution >= 4 is 131 Å². The Bertz CT molecular complexity index is 7010. The van der Waals surface area contributed by atoms with E-state index in [1.165, 1.54) is 65.2 Å². The molecule has 0 saturated heterocycles. The standard InChI is InChI=1S/C95H55N7O2/c96-56-57-27-29-58(30-28-57)81-55-82(63-35-43-91-77(51-63)79-53-67(37-45-93(79)103-91)101-85-25-13-9-21-71(85)75-49-61(33-41-89(75)101)59-31-39-87-73(47-59)69-19-7-11-23-83(69)99(87)65-15-3-1-4-16-65)98-95(97-81)64-36-44-92-78(52-64)80-54-68(38-46-94(80)104-92)102-86-26-14-10-22-72(86)76-50-62(34-42-90(76)102)60-32-40-88-74(48-60)70-20-8-12-24-84(70)100(88)66-17-5-2-6-18-66/h1-55H. The molecule has 0 atom stereocenters. The van der Waals surface area contributed by atoms with Gasteiger partial charge in [0.15, 0.2) is 5.82 Å². The van der Waals surface area contributed by atoms with E-state index in [2.05, 4.69) is 316 Å². The van der Waals surface area contributed by atoms with Crippen molar-refractivity contribution in [1.82, 2.24) is 28.2 Å². The van der Waals surface area contributed by atoms with E-state index in [1.54, 1.807) is 0 Å². The highest BCUT2D eigenvalue weighted by Crippen LogP contribution is 2.44.